The number of carbonyl (C=O) groups is 1. The summed E-state index contributed by atoms with van der Waals surface area (Å²) in [7, 11) is 0. The summed E-state index contributed by atoms with van der Waals surface area (Å²) in [5.41, 5.74) is 0.660. The van der Waals surface area contributed by atoms with Crippen molar-refractivity contribution in [1.82, 2.24) is 0 Å². The van der Waals surface area contributed by atoms with E-state index in [-0.39, 0.29) is 11.5 Å². The molecule has 66 valence electrons. The lowest BCUT2D eigenvalue weighted by Gasteiger charge is -2.33. The van der Waals surface area contributed by atoms with Gasteiger partial charge in [-0.05, 0) is 43.6 Å². The van der Waals surface area contributed by atoms with Gasteiger partial charge in [0.25, 0.3) is 0 Å². The number of rotatable bonds is 0. The number of carbonyl (C=O) groups excluding carboxylic acids is 1. The molecule has 0 aromatic carbocycles. The zero-order chi connectivity index (χ0) is 8.55. The Hall–Kier alpha value is -0.790. The van der Waals surface area contributed by atoms with E-state index in [1.165, 1.54) is 0 Å². The summed E-state index contributed by atoms with van der Waals surface area (Å²) in [5.74, 6) is 0.597. The van der Waals surface area contributed by atoms with E-state index in [4.69, 9.17) is 0 Å². The van der Waals surface area contributed by atoms with E-state index in [1.807, 2.05) is 0 Å². The molecule has 0 bridgehead atoms. The van der Waals surface area contributed by atoms with Crippen LogP contribution in [0.2, 0.25) is 0 Å². The van der Waals surface area contributed by atoms with Crippen LogP contribution in [0.5, 0.6) is 0 Å². The van der Waals surface area contributed by atoms with Crippen molar-refractivity contribution in [1.29, 1.82) is 0 Å². The smallest absolute Gasteiger partial charge is 0.158 e. The summed E-state index contributed by atoms with van der Waals surface area (Å²) in [6.45, 7) is 0. The number of Topliss-reactive ketones (excluding diaryl/α,β-unsaturated/α-hetero) is 1. The maximum absolute atomic E-state index is 11.4. The largest absolute Gasteiger partial charge is 0.875 e. The molecule has 0 aliphatic heterocycles. The van der Waals surface area contributed by atoms with Crippen molar-refractivity contribution in [3.63, 3.8) is 0 Å². The Labute approximate surface area is 72.3 Å². The summed E-state index contributed by atoms with van der Waals surface area (Å²) in [4.78, 5) is 11.4. The molecule has 0 spiro atoms. The van der Waals surface area contributed by atoms with E-state index in [1.54, 1.807) is 0 Å². The van der Waals surface area contributed by atoms with Crippen LogP contribution in [0.4, 0.5) is 0 Å². The lowest BCUT2D eigenvalue weighted by molar-refractivity contribution is -0.310. The quantitative estimate of drug-likeness (QED) is 0.540. The van der Waals surface area contributed by atoms with Crippen molar-refractivity contribution < 1.29 is 9.90 Å². The summed E-state index contributed by atoms with van der Waals surface area (Å²) >= 11 is 0. The average molecular weight is 165 g/mol. The van der Waals surface area contributed by atoms with Crippen LogP contribution in [0, 0.1) is 5.92 Å². The molecule has 2 rings (SSSR count). The second-order valence-corrected chi connectivity index (χ2v) is 3.74. The third-order valence-corrected chi connectivity index (χ3v) is 2.92. The molecule has 2 heteroatoms. The van der Waals surface area contributed by atoms with Gasteiger partial charge in [0.05, 0.1) is 0 Å². The van der Waals surface area contributed by atoms with Crippen molar-refractivity contribution in [3.8, 4) is 0 Å². The predicted octanol–water partition coefficient (Wildman–Crippen LogP) is 1.15. The van der Waals surface area contributed by atoms with Gasteiger partial charge in [0.1, 0.15) is 0 Å². The molecule has 1 atom stereocenters. The zero-order valence-electron chi connectivity index (χ0n) is 7.14. The van der Waals surface area contributed by atoms with Crippen LogP contribution in [-0.4, -0.2) is 5.78 Å². The van der Waals surface area contributed by atoms with Crippen LogP contribution in [-0.2, 0) is 4.79 Å². The molecular formula is C10H13O2-. The number of fused-ring (bicyclic) bond motifs is 1. The molecule has 2 aliphatic rings. The summed E-state index contributed by atoms with van der Waals surface area (Å²) in [6, 6.07) is 0. The molecule has 2 aliphatic carbocycles. The Balaban J connectivity index is 2.32. The summed E-state index contributed by atoms with van der Waals surface area (Å²) in [6.07, 6.45) is 5.31. The molecule has 1 fully saturated rings. The van der Waals surface area contributed by atoms with Crippen LogP contribution < -0.4 is 5.11 Å². The van der Waals surface area contributed by atoms with Crippen molar-refractivity contribution in [2.75, 3.05) is 0 Å². The Bertz CT molecular complexity index is 240. The van der Waals surface area contributed by atoms with Gasteiger partial charge in [0.15, 0.2) is 5.78 Å². The standard InChI is InChI=1S/C10H14O2/c11-8-5-1-3-7-4-2-6-9(12)10(7)8/h7,11H,1-6H2/p-1. The van der Waals surface area contributed by atoms with E-state index >= 15 is 0 Å². The van der Waals surface area contributed by atoms with Gasteiger partial charge >= 0.3 is 0 Å². The lowest BCUT2D eigenvalue weighted by atomic mass is 9.76. The normalized spacial score (nSPS) is 30.3. The van der Waals surface area contributed by atoms with Crippen LogP contribution >= 0.6 is 0 Å². The fourth-order valence-corrected chi connectivity index (χ4v) is 2.33. The van der Waals surface area contributed by atoms with Gasteiger partial charge in [-0.3, -0.25) is 4.79 Å². The fraction of sp³-hybridized carbons (Fsp3) is 0.700. The van der Waals surface area contributed by atoms with E-state index in [2.05, 4.69) is 0 Å². The number of hydrogen-bond donors (Lipinski definition) is 0. The van der Waals surface area contributed by atoms with Gasteiger partial charge < -0.3 is 5.11 Å². The van der Waals surface area contributed by atoms with Crippen molar-refractivity contribution in [2.45, 2.75) is 38.5 Å². The maximum Gasteiger partial charge on any atom is 0.158 e. The highest BCUT2D eigenvalue weighted by atomic mass is 16.3. The maximum atomic E-state index is 11.4. The highest BCUT2D eigenvalue weighted by Crippen LogP contribution is 2.36. The minimum atomic E-state index is 0.135. The first-order valence-corrected chi connectivity index (χ1v) is 4.72. The second kappa shape index (κ2) is 2.92. The van der Waals surface area contributed by atoms with Gasteiger partial charge in [0, 0.05) is 6.42 Å². The molecule has 0 saturated heterocycles. The van der Waals surface area contributed by atoms with Crippen LogP contribution in [0.25, 0.3) is 0 Å². The van der Waals surface area contributed by atoms with Crippen molar-refractivity contribution in [2.24, 2.45) is 5.92 Å². The average Bonchev–Trinajstić information content (AvgIpc) is 2.04. The molecule has 2 nitrogen and oxygen atoms in total. The molecule has 0 radical (unpaired) electrons. The van der Waals surface area contributed by atoms with Gasteiger partial charge in [-0.15, -0.1) is 5.76 Å². The Morgan fingerprint density at radius 3 is 2.50 bits per heavy atom. The number of allylic oxidation sites excluding steroid dienone is 2. The minimum absolute atomic E-state index is 0.135. The first-order chi connectivity index (χ1) is 5.79. The van der Waals surface area contributed by atoms with E-state index < -0.39 is 0 Å². The molecule has 12 heavy (non-hydrogen) atoms. The topological polar surface area (TPSA) is 40.1 Å². The molecule has 0 N–H and O–H groups in total. The van der Waals surface area contributed by atoms with Gasteiger partial charge in [-0.25, -0.2) is 0 Å². The highest BCUT2D eigenvalue weighted by molar-refractivity contribution is 5.97. The van der Waals surface area contributed by atoms with E-state index in [0.29, 0.717) is 24.3 Å². The van der Waals surface area contributed by atoms with Crippen molar-refractivity contribution >= 4 is 5.78 Å². The molecule has 1 unspecified atom stereocenters. The minimum Gasteiger partial charge on any atom is -0.875 e. The first kappa shape index (κ1) is 7.84. The number of hydrogen-bond acceptors (Lipinski definition) is 2. The molecule has 0 amide bonds. The molecule has 0 aromatic heterocycles. The molecule has 0 aromatic rings. The SMILES string of the molecule is O=C1CCCC2CCCC([O-])=C12. The van der Waals surface area contributed by atoms with Crippen LogP contribution in [0.3, 0.4) is 0 Å². The van der Waals surface area contributed by atoms with Gasteiger partial charge in [0.2, 0.25) is 0 Å². The third-order valence-electron chi connectivity index (χ3n) is 2.92. The van der Waals surface area contributed by atoms with E-state index in [9.17, 15) is 9.90 Å². The highest BCUT2D eigenvalue weighted by Gasteiger charge is 2.27. The fourth-order valence-electron chi connectivity index (χ4n) is 2.33. The first-order valence-electron chi connectivity index (χ1n) is 4.72. The predicted molar refractivity (Wildman–Crippen MR) is 43.2 cm³/mol. The summed E-state index contributed by atoms with van der Waals surface area (Å²) in [5, 5.41) is 11.4. The molecule has 0 heterocycles. The van der Waals surface area contributed by atoms with Gasteiger partial charge in [-0.2, -0.15) is 0 Å². The monoisotopic (exact) mass is 165 g/mol. The zero-order valence-corrected chi connectivity index (χ0v) is 7.14. The van der Waals surface area contributed by atoms with E-state index in [0.717, 1.165) is 25.7 Å². The van der Waals surface area contributed by atoms with Crippen LogP contribution in [0.15, 0.2) is 11.3 Å². The van der Waals surface area contributed by atoms with Gasteiger partial charge in [-0.1, -0.05) is 0 Å². The molecular weight excluding hydrogens is 152 g/mol. The Kier molecular flexibility index (Phi) is 1.91. The Morgan fingerprint density at radius 1 is 1.17 bits per heavy atom. The summed E-state index contributed by atoms with van der Waals surface area (Å²) < 4.78 is 0. The second-order valence-electron chi connectivity index (χ2n) is 3.74. The van der Waals surface area contributed by atoms with Crippen LogP contribution in [0.1, 0.15) is 38.5 Å². The lowest BCUT2D eigenvalue weighted by Crippen LogP contribution is -2.27. The van der Waals surface area contributed by atoms with Crippen molar-refractivity contribution in [3.05, 3.63) is 11.3 Å². The molecule has 1 saturated carbocycles. The third kappa shape index (κ3) is 1.15. The Morgan fingerprint density at radius 2 is 1.83 bits per heavy atom. The number of ketones is 1.